The van der Waals surface area contributed by atoms with Gasteiger partial charge in [-0.15, -0.1) is 0 Å². The molecule has 2 unspecified atom stereocenters. The summed E-state index contributed by atoms with van der Waals surface area (Å²) in [6, 6.07) is 8.84. The minimum absolute atomic E-state index is 0.189. The molecule has 1 fully saturated rings. The minimum atomic E-state index is 0.189. The smallest absolute Gasteiger partial charge is 0.223 e. The third kappa shape index (κ3) is 2.52. The number of carbonyl (C=O) groups is 1. The van der Waals surface area contributed by atoms with E-state index in [1.54, 1.807) is 6.33 Å². The zero-order valence-corrected chi connectivity index (χ0v) is 13.4. The summed E-state index contributed by atoms with van der Waals surface area (Å²) in [5.74, 6) is 0.273. The first kappa shape index (κ1) is 14.4. The lowest BCUT2D eigenvalue weighted by Gasteiger charge is -2.35. The Bertz CT molecular complexity index is 743. The molecule has 0 N–H and O–H groups in total. The van der Waals surface area contributed by atoms with Crippen LogP contribution in [-0.4, -0.2) is 26.8 Å². The van der Waals surface area contributed by atoms with Crippen LogP contribution in [0.15, 0.2) is 36.8 Å². The minimum Gasteiger partial charge on any atom is -0.332 e. The van der Waals surface area contributed by atoms with Crippen molar-refractivity contribution in [2.24, 2.45) is 0 Å². The Labute approximate surface area is 136 Å². The van der Waals surface area contributed by atoms with Crippen molar-refractivity contribution in [2.75, 3.05) is 0 Å². The first-order chi connectivity index (χ1) is 11.2. The average Bonchev–Trinajstić information content (AvgIpc) is 2.89. The second kappa shape index (κ2) is 5.76. The lowest BCUT2D eigenvalue weighted by molar-refractivity contribution is -0.134. The van der Waals surface area contributed by atoms with Gasteiger partial charge in [0.1, 0.15) is 6.33 Å². The summed E-state index contributed by atoms with van der Waals surface area (Å²) in [7, 11) is 0. The monoisotopic (exact) mass is 307 g/mol. The molecule has 2 atom stereocenters. The van der Waals surface area contributed by atoms with Crippen LogP contribution in [0, 0.1) is 6.92 Å². The number of aryl methyl sites for hydroxylation is 2. The number of aromatic nitrogens is 2. The van der Waals surface area contributed by atoms with E-state index >= 15 is 0 Å². The Hall–Kier alpha value is -2.23. The van der Waals surface area contributed by atoms with Gasteiger partial charge in [-0.1, -0.05) is 24.3 Å². The molecule has 1 aromatic carbocycles. The van der Waals surface area contributed by atoms with Crippen molar-refractivity contribution >= 4 is 5.91 Å². The van der Waals surface area contributed by atoms with Gasteiger partial charge in [-0.05, 0) is 37.3 Å². The first-order valence-corrected chi connectivity index (χ1v) is 8.38. The van der Waals surface area contributed by atoms with Gasteiger partial charge in [0.25, 0.3) is 0 Å². The van der Waals surface area contributed by atoms with E-state index in [2.05, 4.69) is 33.9 Å². The van der Waals surface area contributed by atoms with Crippen molar-refractivity contribution in [3.05, 3.63) is 59.2 Å². The fourth-order valence-electron chi connectivity index (χ4n) is 4.07. The van der Waals surface area contributed by atoms with Crippen molar-refractivity contribution in [3.8, 4) is 0 Å². The highest BCUT2D eigenvalue weighted by molar-refractivity contribution is 5.78. The Balaban J connectivity index is 1.51. The van der Waals surface area contributed by atoms with E-state index in [1.807, 2.05) is 18.3 Å². The molecule has 0 saturated carbocycles. The number of hydrogen-bond acceptors (Lipinski definition) is 3. The number of rotatable bonds is 3. The molecule has 1 saturated heterocycles. The molecule has 4 heteroatoms. The third-order valence-corrected chi connectivity index (χ3v) is 5.27. The van der Waals surface area contributed by atoms with Crippen LogP contribution in [0.1, 0.15) is 47.7 Å². The highest BCUT2D eigenvalue weighted by atomic mass is 16.2. The van der Waals surface area contributed by atoms with Crippen LogP contribution in [0.2, 0.25) is 0 Å². The van der Waals surface area contributed by atoms with Gasteiger partial charge in [-0.2, -0.15) is 0 Å². The third-order valence-electron chi connectivity index (χ3n) is 5.27. The Morgan fingerprint density at radius 2 is 2.17 bits per heavy atom. The highest BCUT2D eigenvalue weighted by Crippen LogP contribution is 2.43. The van der Waals surface area contributed by atoms with E-state index < -0.39 is 0 Å². The fourth-order valence-corrected chi connectivity index (χ4v) is 4.07. The lowest BCUT2D eigenvalue weighted by atomic mass is 9.98. The van der Waals surface area contributed by atoms with Gasteiger partial charge in [0.05, 0.1) is 11.7 Å². The average molecular weight is 307 g/mol. The highest BCUT2D eigenvalue weighted by Gasteiger charge is 2.42. The number of nitrogens with zero attached hydrogens (tertiary/aromatic N) is 3. The van der Waals surface area contributed by atoms with Crippen molar-refractivity contribution in [2.45, 2.75) is 51.1 Å². The van der Waals surface area contributed by atoms with E-state index in [0.29, 0.717) is 12.5 Å². The number of fused-ring (bicyclic) bond motifs is 4. The molecule has 1 amide bonds. The van der Waals surface area contributed by atoms with E-state index in [0.717, 1.165) is 36.9 Å². The summed E-state index contributed by atoms with van der Waals surface area (Å²) in [6.45, 7) is 2.11. The molecule has 0 aliphatic carbocycles. The maximum Gasteiger partial charge on any atom is 0.223 e. The van der Waals surface area contributed by atoms with Gasteiger partial charge in [0, 0.05) is 30.6 Å². The number of amides is 1. The molecule has 2 aromatic rings. The molecule has 118 valence electrons. The molecular formula is C19H21N3O. The summed E-state index contributed by atoms with van der Waals surface area (Å²) in [4.78, 5) is 23.5. The maximum atomic E-state index is 12.8. The molecule has 0 spiro atoms. The van der Waals surface area contributed by atoms with Crippen LogP contribution in [-0.2, 0) is 17.6 Å². The zero-order chi connectivity index (χ0) is 15.8. The van der Waals surface area contributed by atoms with Gasteiger partial charge < -0.3 is 4.90 Å². The molecule has 23 heavy (non-hydrogen) atoms. The predicted octanol–water partition coefficient (Wildman–Crippen LogP) is 3.01. The molecule has 0 radical (unpaired) electrons. The SMILES string of the molecule is Cc1ccccc1CCC(=O)N1C2CCC1c1cncnc1C2. The summed E-state index contributed by atoms with van der Waals surface area (Å²) in [5.41, 5.74) is 4.83. The molecule has 4 rings (SSSR count). The molecule has 2 aliphatic rings. The van der Waals surface area contributed by atoms with Gasteiger partial charge in [0.2, 0.25) is 5.91 Å². The molecule has 3 heterocycles. The van der Waals surface area contributed by atoms with E-state index in [1.165, 1.54) is 11.1 Å². The van der Waals surface area contributed by atoms with E-state index in [9.17, 15) is 4.79 Å². The first-order valence-electron chi connectivity index (χ1n) is 8.38. The van der Waals surface area contributed by atoms with Crippen LogP contribution < -0.4 is 0 Å². The second-order valence-electron chi connectivity index (χ2n) is 6.60. The van der Waals surface area contributed by atoms with Gasteiger partial charge in [-0.25, -0.2) is 9.97 Å². The number of benzene rings is 1. The Morgan fingerprint density at radius 1 is 1.30 bits per heavy atom. The lowest BCUT2D eigenvalue weighted by Crippen LogP contribution is -2.42. The van der Waals surface area contributed by atoms with Crippen molar-refractivity contribution in [1.82, 2.24) is 14.9 Å². The van der Waals surface area contributed by atoms with Gasteiger partial charge >= 0.3 is 0 Å². The van der Waals surface area contributed by atoms with Gasteiger partial charge in [-0.3, -0.25) is 4.79 Å². The van der Waals surface area contributed by atoms with Crippen molar-refractivity contribution in [3.63, 3.8) is 0 Å². The summed E-state index contributed by atoms with van der Waals surface area (Å²) >= 11 is 0. The van der Waals surface area contributed by atoms with Crippen LogP contribution in [0.4, 0.5) is 0 Å². The molecule has 2 aliphatic heterocycles. The summed E-state index contributed by atoms with van der Waals surface area (Å²) in [5, 5.41) is 0. The summed E-state index contributed by atoms with van der Waals surface area (Å²) < 4.78 is 0. The van der Waals surface area contributed by atoms with Crippen LogP contribution in [0.25, 0.3) is 0 Å². The Kier molecular flexibility index (Phi) is 3.60. The largest absolute Gasteiger partial charge is 0.332 e. The van der Waals surface area contributed by atoms with Crippen LogP contribution in [0.5, 0.6) is 0 Å². The quantitative estimate of drug-likeness (QED) is 0.875. The van der Waals surface area contributed by atoms with Crippen molar-refractivity contribution < 1.29 is 4.79 Å². The fraction of sp³-hybridized carbons (Fsp3) is 0.421. The zero-order valence-electron chi connectivity index (χ0n) is 13.4. The number of hydrogen-bond donors (Lipinski definition) is 0. The molecule has 4 nitrogen and oxygen atoms in total. The molecule has 1 aromatic heterocycles. The maximum absolute atomic E-state index is 12.8. The van der Waals surface area contributed by atoms with Crippen molar-refractivity contribution in [1.29, 1.82) is 0 Å². The molecule has 2 bridgehead atoms. The molecular weight excluding hydrogens is 286 g/mol. The standard InChI is InChI=1S/C19H21N3O/c1-13-4-2-3-5-14(13)6-9-19(23)22-15-7-8-18(22)16-11-20-12-21-17(16)10-15/h2-5,11-12,15,18H,6-10H2,1H3. The van der Waals surface area contributed by atoms with Crippen LogP contribution in [0.3, 0.4) is 0 Å². The van der Waals surface area contributed by atoms with E-state index in [-0.39, 0.29) is 11.9 Å². The Morgan fingerprint density at radius 3 is 3.04 bits per heavy atom. The topological polar surface area (TPSA) is 46.1 Å². The van der Waals surface area contributed by atoms with Crippen LogP contribution >= 0.6 is 0 Å². The number of carbonyl (C=O) groups excluding carboxylic acids is 1. The van der Waals surface area contributed by atoms with Gasteiger partial charge in [0.15, 0.2) is 0 Å². The normalized spacial score (nSPS) is 22.0. The van der Waals surface area contributed by atoms with E-state index in [4.69, 9.17) is 0 Å². The second-order valence-corrected chi connectivity index (χ2v) is 6.60. The summed E-state index contributed by atoms with van der Waals surface area (Å²) in [6.07, 6.45) is 7.92. The predicted molar refractivity (Wildman–Crippen MR) is 87.8 cm³/mol.